The molecular formula is C20H21NO3. The van der Waals surface area contributed by atoms with Gasteiger partial charge < -0.3 is 10.1 Å². The summed E-state index contributed by atoms with van der Waals surface area (Å²) >= 11 is 0. The monoisotopic (exact) mass is 323 g/mol. The third-order valence-corrected chi connectivity index (χ3v) is 4.16. The number of ketones is 1. The molecule has 0 fully saturated rings. The zero-order chi connectivity index (χ0) is 17.5. The first-order chi connectivity index (χ1) is 11.2. The maximum absolute atomic E-state index is 12.5. The molecule has 1 aliphatic rings. The quantitative estimate of drug-likeness (QED) is 0.896. The van der Waals surface area contributed by atoms with Crippen LogP contribution in [0.5, 0.6) is 5.75 Å². The second-order valence-corrected chi connectivity index (χ2v) is 6.95. The molecule has 0 bridgehead atoms. The number of hydrogen-bond donors (Lipinski definition) is 1. The Morgan fingerprint density at radius 3 is 2.62 bits per heavy atom. The molecule has 0 saturated carbocycles. The molecule has 0 atom stereocenters. The van der Waals surface area contributed by atoms with Gasteiger partial charge >= 0.3 is 0 Å². The molecule has 3 rings (SSSR count). The van der Waals surface area contributed by atoms with Crippen molar-refractivity contribution in [1.82, 2.24) is 0 Å². The summed E-state index contributed by atoms with van der Waals surface area (Å²) in [7, 11) is 0. The number of anilines is 1. The van der Waals surface area contributed by atoms with Gasteiger partial charge in [-0.1, -0.05) is 12.1 Å². The van der Waals surface area contributed by atoms with Crippen LogP contribution in [0.4, 0.5) is 5.69 Å². The zero-order valence-corrected chi connectivity index (χ0v) is 14.4. The standard InChI is InChI=1S/C20H21NO3/c1-12-5-6-13(2)16(9-12)21-19(23)14-7-8-18-15(10-14)17(22)11-20(3,4)24-18/h5-10H,11H2,1-4H3,(H,21,23). The molecule has 0 radical (unpaired) electrons. The van der Waals surface area contributed by atoms with Gasteiger partial charge in [0.2, 0.25) is 0 Å². The summed E-state index contributed by atoms with van der Waals surface area (Å²) in [5, 5.41) is 2.91. The zero-order valence-electron chi connectivity index (χ0n) is 14.4. The molecule has 0 aromatic heterocycles. The Labute approximate surface area is 141 Å². The van der Waals surface area contributed by atoms with Gasteiger partial charge in [-0.05, 0) is 63.1 Å². The molecule has 1 heterocycles. The molecule has 2 aromatic rings. The highest BCUT2D eigenvalue weighted by Gasteiger charge is 2.32. The van der Waals surface area contributed by atoms with Crippen molar-refractivity contribution in [2.45, 2.75) is 39.7 Å². The molecule has 1 amide bonds. The predicted octanol–water partition coefficient (Wildman–Crippen LogP) is 4.30. The van der Waals surface area contributed by atoms with E-state index in [4.69, 9.17) is 4.74 Å². The third-order valence-electron chi connectivity index (χ3n) is 4.16. The Hall–Kier alpha value is -2.62. The molecule has 0 unspecified atom stereocenters. The first-order valence-corrected chi connectivity index (χ1v) is 8.00. The van der Waals surface area contributed by atoms with Crippen molar-refractivity contribution in [3.63, 3.8) is 0 Å². The fraction of sp³-hybridized carbons (Fsp3) is 0.300. The molecule has 124 valence electrons. The lowest BCUT2D eigenvalue weighted by molar-refractivity contribution is 0.0620. The first-order valence-electron chi connectivity index (χ1n) is 8.00. The van der Waals surface area contributed by atoms with Crippen molar-refractivity contribution in [2.24, 2.45) is 0 Å². The molecule has 2 aromatic carbocycles. The van der Waals surface area contributed by atoms with Gasteiger partial charge in [-0.15, -0.1) is 0 Å². The second-order valence-electron chi connectivity index (χ2n) is 6.95. The van der Waals surface area contributed by atoms with E-state index >= 15 is 0 Å². The van der Waals surface area contributed by atoms with E-state index < -0.39 is 5.60 Å². The molecular weight excluding hydrogens is 302 g/mol. The molecule has 0 spiro atoms. The average molecular weight is 323 g/mol. The second kappa shape index (κ2) is 5.78. The van der Waals surface area contributed by atoms with Crippen LogP contribution in [0.15, 0.2) is 36.4 Å². The van der Waals surface area contributed by atoms with Crippen molar-refractivity contribution >= 4 is 17.4 Å². The molecule has 4 nitrogen and oxygen atoms in total. The van der Waals surface area contributed by atoms with E-state index in [1.165, 1.54) is 0 Å². The van der Waals surface area contributed by atoms with Crippen LogP contribution in [0, 0.1) is 13.8 Å². The number of Topliss-reactive ketones (excluding diaryl/α,β-unsaturated/α-hetero) is 1. The predicted molar refractivity (Wildman–Crippen MR) is 94.0 cm³/mol. The Kier molecular flexibility index (Phi) is 3.91. The van der Waals surface area contributed by atoms with E-state index in [1.54, 1.807) is 18.2 Å². The summed E-state index contributed by atoms with van der Waals surface area (Å²) < 4.78 is 5.83. The van der Waals surface area contributed by atoms with Crippen molar-refractivity contribution in [2.75, 3.05) is 5.32 Å². The maximum Gasteiger partial charge on any atom is 0.255 e. The number of fused-ring (bicyclic) bond motifs is 1. The number of ether oxygens (including phenoxy) is 1. The van der Waals surface area contributed by atoms with Gasteiger partial charge in [-0.25, -0.2) is 0 Å². The Bertz CT molecular complexity index is 837. The molecule has 1 aliphatic heterocycles. The Morgan fingerprint density at radius 1 is 1.12 bits per heavy atom. The number of aryl methyl sites for hydroxylation is 2. The minimum atomic E-state index is -0.507. The van der Waals surface area contributed by atoms with E-state index in [1.807, 2.05) is 45.9 Å². The Morgan fingerprint density at radius 2 is 1.88 bits per heavy atom. The van der Waals surface area contributed by atoms with Gasteiger partial charge in [-0.3, -0.25) is 9.59 Å². The summed E-state index contributed by atoms with van der Waals surface area (Å²) in [6.45, 7) is 7.69. The highest BCUT2D eigenvalue weighted by Crippen LogP contribution is 2.33. The van der Waals surface area contributed by atoms with Crippen LogP contribution in [-0.2, 0) is 0 Å². The molecule has 0 aliphatic carbocycles. The summed E-state index contributed by atoms with van der Waals surface area (Å²) in [5.41, 5.74) is 3.27. The SMILES string of the molecule is Cc1ccc(C)c(NC(=O)c2ccc3c(c2)C(=O)CC(C)(C)O3)c1. The van der Waals surface area contributed by atoms with E-state index in [0.717, 1.165) is 16.8 Å². The number of nitrogens with one attached hydrogen (secondary N) is 1. The van der Waals surface area contributed by atoms with E-state index in [2.05, 4.69) is 5.32 Å². The van der Waals surface area contributed by atoms with E-state index in [-0.39, 0.29) is 11.7 Å². The van der Waals surface area contributed by atoms with Crippen LogP contribution in [0.25, 0.3) is 0 Å². The molecule has 24 heavy (non-hydrogen) atoms. The van der Waals surface area contributed by atoms with Crippen LogP contribution < -0.4 is 10.1 Å². The number of carbonyl (C=O) groups excluding carboxylic acids is 2. The highest BCUT2D eigenvalue weighted by atomic mass is 16.5. The smallest absolute Gasteiger partial charge is 0.255 e. The number of amides is 1. The summed E-state index contributed by atoms with van der Waals surface area (Å²) in [5.74, 6) is 0.311. The highest BCUT2D eigenvalue weighted by molar-refractivity contribution is 6.08. The normalized spacial score (nSPS) is 15.4. The Balaban J connectivity index is 1.88. The summed E-state index contributed by atoms with van der Waals surface area (Å²) in [6.07, 6.45) is 0.308. The van der Waals surface area contributed by atoms with Crippen LogP contribution >= 0.6 is 0 Å². The number of carbonyl (C=O) groups is 2. The fourth-order valence-electron chi connectivity index (χ4n) is 2.86. The minimum absolute atomic E-state index is 0.00244. The van der Waals surface area contributed by atoms with Gasteiger partial charge in [0.25, 0.3) is 5.91 Å². The maximum atomic E-state index is 12.5. The van der Waals surface area contributed by atoms with Gasteiger partial charge in [0, 0.05) is 11.3 Å². The number of rotatable bonds is 2. The summed E-state index contributed by atoms with van der Waals surface area (Å²) in [6, 6.07) is 10.9. The van der Waals surface area contributed by atoms with Crippen LogP contribution in [-0.4, -0.2) is 17.3 Å². The lowest BCUT2D eigenvalue weighted by atomic mass is 9.92. The van der Waals surface area contributed by atoms with Gasteiger partial charge in [0.05, 0.1) is 12.0 Å². The van der Waals surface area contributed by atoms with Gasteiger partial charge in [-0.2, -0.15) is 0 Å². The van der Waals surface area contributed by atoms with Gasteiger partial charge in [0.1, 0.15) is 11.4 Å². The number of benzene rings is 2. The van der Waals surface area contributed by atoms with Gasteiger partial charge in [0.15, 0.2) is 5.78 Å². The first kappa shape index (κ1) is 16.2. The topological polar surface area (TPSA) is 55.4 Å². The van der Waals surface area contributed by atoms with Crippen molar-refractivity contribution < 1.29 is 14.3 Å². The van der Waals surface area contributed by atoms with Crippen molar-refractivity contribution in [1.29, 1.82) is 0 Å². The molecule has 0 saturated heterocycles. The van der Waals surface area contributed by atoms with Crippen LogP contribution in [0.2, 0.25) is 0 Å². The summed E-state index contributed by atoms with van der Waals surface area (Å²) in [4.78, 5) is 24.9. The molecule has 1 N–H and O–H groups in total. The van der Waals surface area contributed by atoms with E-state index in [0.29, 0.717) is 23.3 Å². The van der Waals surface area contributed by atoms with Crippen LogP contribution in [0.1, 0.15) is 52.1 Å². The largest absolute Gasteiger partial charge is 0.487 e. The lowest BCUT2D eigenvalue weighted by Crippen LogP contribution is -2.36. The lowest BCUT2D eigenvalue weighted by Gasteiger charge is -2.31. The third kappa shape index (κ3) is 3.18. The van der Waals surface area contributed by atoms with Crippen molar-refractivity contribution in [3.05, 3.63) is 58.7 Å². The minimum Gasteiger partial charge on any atom is -0.487 e. The fourth-order valence-corrected chi connectivity index (χ4v) is 2.86. The molecule has 4 heteroatoms. The number of hydrogen-bond acceptors (Lipinski definition) is 3. The average Bonchev–Trinajstić information content (AvgIpc) is 2.49. The van der Waals surface area contributed by atoms with E-state index in [9.17, 15) is 9.59 Å². The van der Waals surface area contributed by atoms with Crippen molar-refractivity contribution in [3.8, 4) is 5.75 Å². The van der Waals surface area contributed by atoms with Crippen LogP contribution in [0.3, 0.4) is 0 Å².